The van der Waals surface area contributed by atoms with Gasteiger partial charge in [-0.05, 0) is 25.1 Å². The number of nitrogens with two attached hydrogens (primary N) is 1. The lowest BCUT2D eigenvalue weighted by atomic mass is 10.3. The Kier molecular flexibility index (Phi) is 4.26. The maximum atomic E-state index is 5.72. The zero-order valence-electron chi connectivity index (χ0n) is 11.6. The van der Waals surface area contributed by atoms with E-state index in [1.54, 1.807) is 29.4 Å². The van der Waals surface area contributed by atoms with Crippen LogP contribution in [0.4, 0.5) is 5.69 Å². The number of thiophene rings is 1. The van der Waals surface area contributed by atoms with Gasteiger partial charge in [-0.2, -0.15) is 0 Å². The number of anilines is 1. The fourth-order valence-corrected chi connectivity index (χ4v) is 3.68. The molecule has 4 nitrogen and oxygen atoms in total. The van der Waals surface area contributed by atoms with Crippen LogP contribution in [0.25, 0.3) is 10.2 Å². The highest BCUT2D eigenvalue weighted by molar-refractivity contribution is 7.99. The van der Waals surface area contributed by atoms with E-state index < -0.39 is 0 Å². The monoisotopic (exact) mass is 317 g/mol. The summed E-state index contributed by atoms with van der Waals surface area (Å²) in [6, 6.07) is 9.61. The van der Waals surface area contributed by atoms with E-state index in [1.807, 2.05) is 24.3 Å². The molecule has 0 saturated heterocycles. The molecule has 0 atom stereocenters. The third kappa shape index (κ3) is 3.46. The van der Waals surface area contributed by atoms with Gasteiger partial charge in [-0.15, -0.1) is 23.1 Å². The molecule has 0 unspecified atom stereocenters. The van der Waals surface area contributed by atoms with Gasteiger partial charge in [0.25, 0.3) is 0 Å². The van der Waals surface area contributed by atoms with E-state index in [0.717, 1.165) is 26.7 Å². The number of nitrogen functional groups attached to an aromatic ring is 1. The summed E-state index contributed by atoms with van der Waals surface area (Å²) >= 11 is 3.38. The number of fused-ring (bicyclic) bond motifs is 1. The van der Waals surface area contributed by atoms with Gasteiger partial charge in [0.15, 0.2) is 0 Å². The maximum Gasteiger partial charge on any atom is 0.128 e. The van der Waals surface area contributed by atoms with E-state index in [1.165, 1.54) is 4.88 Å². The molecule has 21 heavy (non-hydrogen) atoms. The second-order valence-corrected chi connectivity index (χ2v) is 6.84. The minimum atomic E-state index is 0.614. The van der Waals surface area contributed by atoms with E-state index in [4.69, 9.17) is 10.5 Å². The van der Waals surface area contributed by atoms with Crippen molar-refractivity contribution in [2.75, 3.05) is 18.1 Å². The highest BCUT2D eigenvalue weighted by atomic mass is 32.2. The average Bonchev–Trinajstić information content (AvgIpc) is 2.84. The van der Waals surface area contributed by atoms with Crippen molar-refractivity contribution in [2.45, 2.75) is 11.9 Å². The molecule has 0 aliphatic heterocycles. The third-order valence-corrected chi connectivity index (χ3v) is 4.79. The number of nitrogens with zero attached hydrogens (tertiary/aromatic N) is 2. The summed E-state index contributed by atoms with van der Waals surface area (Å²) in [5.41, 5.74) is 6.43. The number of aryl methyl sites for hydroxylation is 1. The second-order valence-electron chi connectivity index (χ2n) is 4.52. The number of ether oxygens (including phenoxy) is 1. The Hall–Kier alpha value is -1.79. The Morgan fingerprint density at radius 2 is 2.19 bits per heavy atom. The zero-order valence-corrected chi connectivity index (χ0v) is 13.2. The molecule has 2 aromatic heterocycles. The molecule has 0 spiro atoms. The molecule has 0 aliphatic rings. The van der Waals surface area contributed by atoms with Gasteiger partial charge in [0.2, 0.25) is 0 Å². The van der Waals surface area contributed by atoms with Crippen LogP contribution in [0.5, 0.6) is 5.75 Å². The molecule has 3 aromatic rings. The van der Waals surface area contributed by atoms with Gasteiger partial charge in [0.1, 0.15) is 21.9 Å². The van der Waals surface area contributed by atoms with Crippen LogP contribution in [0, 0.1) is 6.92 Å². The smallest absolute Gasteiger partial charge is 0.128 e. The average molecular weight is 317 g/mol. The highest BCUT2D eigenvalue weighted by Gasteiger charge is 2.07. The third-order valence-electron chi connectivity index (χ3n) is 2.86. The van der Waals surface area contributed by atoms with Crippen LogP contribution in [0.15, 0.2) is 41.7 Å². The van der Waals surface area contributed by atoms with Crippen molar-refractivity contribution < 1.29 is 4.74 Å². The second kappa shape index (κ2) is 6.32. The van der Waals surface area contributed by atoms with E-state index in [2.05, 4.69) is 23.0 Å². The summed E-state index contributed by atoms with van der Waals surface area (Å²) in [4.78, 5) is 11.0. The first-order valence-electron chi connectivity index (χ1n) is 6.54. The van der Waals surface area contributed by atoms with Gasteiger partial charge in [-0.1, -0.05) is 6.07 Å². The predicted octanol–water partition coefficient (Wildman–Crippen LogP) is 3.75. The fourth-order valence-electron chi connectivity index (χ4n) is 1.97. The van der Waals surface area contributed by atoms with Crippen molar-refractivity contribution in [3.8, 4) is 5.75 Å². The Balaban J connectivity index is 1.59. The lowest BCUT2D eigenvalue weighted by Gasteiger charge is -2.06. The van der Waals surface area contributed by atoms with Crippen molar-refractivity contribution in [1.29, 1.82) is 0 Å². The number of aromatic nitrogens is 2. The van der Waals surface area contributed by atoms with Crippen LogP contribution >= 0.6 is 23.1 Å². The molecule has 6 heteroatoms. The van der Waals surface area contributed by atoms with Gasteiger partial charge < -0.3 is 10.5 Å². The molecule has 3 rings (SSSR count). The quantitative estimate of drug-likeness (QED) is 0.336. The van der Waals surface area contributed by atoms with Crippen LogP contribution in [0.2, 0.25) is 0 Å². The number of rotatable bonds is 5. The van der Waals surface area contributed by atoms with Gasteiger partial charge in [-0.3, -0.25) is 0 Å². The molecule has 108 valence electrons. The highest BCUT2D eigenvalue weighted by Crippen LogP contribution is 2.30. The molecule has 2 N–H and O–H groups in total. The molecule has 0 bridgehead atoms. The molecular formula is C15H15N3OS2. The van der Waals surface area contributed by atoms with Crippen LogP contribution in [-0.4, -0.2) is 22.3 Å². The topological polar surface area (TPSA) is 61.0 Å². The standard InChI is InChI=1S/C15H15N3OS2/c1-10-7-13-14(17-9-18-15(13)21-10)20-6-5-19-12-4-2-3-11(16)8-12/h2-4,7-9H,5-6,16H2,1H3. The molecule has 0 radical (unpaired) electrons. The van der Waals surface area contributed by atoms with E-state index in [-0.39, 0.29) is 0 Å². The van der Waals surface area contributed by atoms with Crippen molar-refractivity contribution in [2.24, 2.45) is 0 Å². The molecule has 0 saturated carbocycles. The van der Waals surface area contributed by atoms with Crippen LogP contribution in [0.1, 0.15) is 4.88 Å². The summed E-state index contributed by atoms with van der Waals surface area (Å²) < 4.78 is 5.68. The number of benzene rings is 1. The first-order valence-corrected chi connectivity index (χ1v) is 8.35. The lowest BCUT2D eigenvalue weighted by Crippen LogP contribution is -2.01. The van der Waals surface area contributed by atoms with E-state index in [0.29, 0.717) is 12.3 Å². The Morgan fingerprint density at radius 3 is 3.05 bits per heavy atom. The van der Waals surface area contributed by atoms with E-state index in [9.17, 15) is 0 Å². The summed E-state index contributed by atoms with van der Waals surface area (Å²) in [5, 5.41) is 2.15. The number of thioether (sulfide) groups is 1. The fraction of sp³-hybridized carbons (Fsp3) is 0.200. The number of hydrogen-bond acceptors (Lipinski definition) is 6. The van der Waals surface area contributed by atoms with E-state index >= 15 is 0 Å². The van der Waals surface area contributed by atoms with Crippen LogP contribution < -0.4 is 10.5 Å². The van der Waals surface area contributed by atoms with Gasteiger partial charge in [-0.25, -0.2) is 9.97 Å². The van der Waals surface area contributed by atoms with Crippen molar-refractivity contribution in [3.05, 3.63) is 41.5 Å². The zero-order chi connectivity index (χ0) is 14.7. The normalized spacial score (nSPS) is 10.9. The lowest BCUT2D eigenvalue weighted by molar-refractivity contribution is 0.344. The summed E-state index contributed by atoms with van der Waals surface area (Å²) in [6.07, 6.45) is 1.62. The Labute approximate surface area is 131 Å². The van der Waals surface area contributed by atoms with Crippen molar-refractivity contribution in [1.82, 2.24) is 9.97 Å². The minimum Gasteiger partial charge on any atom is -0.493 e. The largest absolute Gasteiger partial charge is 0.493 e. The SMILES string of the molecule is Cc1cc2c(SCCOc3cccc(N)c3)ncnc2s1. The van der Waals surface area contributed by atoms with Crippen LogP contribution in [-0.2, 0) is 0 Å². The summed E-state index contributed by atoms with van der Waals surface area (Å²) in [6.45, 7) is 2.70. The van der Waals surface area contributed by atoms with Crippen molar-refractivity contribution in [3.63, 3.8) is 0 Å². The summed E-state index contributed by atoms with van der Waals surface area (Å²) in [7, 11) is 0. The molecule has 1 aromatic carbocycles. The molecule has 0 amide bonds. The maximum absolute atomic E-state index is 5.72. The Bertz CT molecular complexity index is 758. The first-order chi connectivity index (χ1) is 10.2. The molecule has 2 heterocycles. The molecule has 0 fully saturated rings. The van der Waals surface area contributed by atoms with Gasteiger partial charge in [0, 0.05) is 27.8 Å². The Morgan fingerprint density at radius 1 is 1.29 bits per heavy atom. The first kappa shape index (κ1) is 14.2. The minimum absolute atomic E-state index is 0.614. The summed E-state index contributed by atoms with van der Waals surface area (Å²) in [5.74, 6) is 1.63. The van der Waals surface area contributed by atoms with Gasteiger partial charge in [0.05, 0.1) is 6.61 Å². The van der Waals surface area contributed by atoms with Crippen molar-refractivity contribution >= 4 is 39.0 Å². The van der Waals surface area contributed by atoms with Gasteiger partial charge >= 0.3 is 0 Å². The molecule has 0 aliphatic carbocycles. The molecular weight excluding hydrogens is 302 g/mol. The number of hydrogen-bond donors (Lipinski definition) is 1. The van der Waals surface area contributed by atoms with Crippen LogP contribution in [0.3, 0.4) is 0 Å². The predicted molar refractivity (Wildman–Crippen MR) is 89.2 cm³/mol.